The summed E-state index contributed by atoms with van der Waals surface area (Å²) in [5.41, 5.74) is 5.24. The predicted octanol–water partition coefficient (Wildman–Crippen LogP) is 2.91. The molecule has 1 aromatic heterocycles. The number of ether oxygens (including phenoxy) is 1. The molecule has 0 saturated carbocycles. The van der Waals surface area contributed by atoms with Crippen LogP contribution in [0.25, 0.3) is 0 Å². The van der Waals surface area contributed by atoms with Gasteiger partial charge < -0.3 is 4.74 Å². The van der Waals surface area contributed by atoms with Gasteiger partial charge in [-0.3, -0.25) is 11.3 Å². The lowest BCUT2D eigenvalue weighted by Crippen LogP contribution is -2.30. The fraction of sp³-hybridized carbons (Fsp3) is 0.400. The summed E-state index contributed by atoms with van der Waals surface area (Å²) in [5.74, 6) is 7.20. The Morgan fingerprint density at radius 3 is 3.10 bits per heavy atom. The molecule has 2 unspecified atom stereocenters. The first kappa shape index (κ1) is 13.5. The molecule has 5 heteroatoms. The van der Waals surface area contributed by atoms with E-state index in [4.69, 9.17) is 10.6 Å². The van der Waals surface area contributed by atoms with Crippen molar-refractivity contribution in [1.29, 1.82) is 0 Å². The number of nitrogens with zero attached hydrogens (tertiary/aromatic N) is 1. The van der Waals surface area contributed by atoms with Crippen molar-refractivity contribution in [3.05, 3.63) is 45.9 Å². The molecule has 0 spiro atoms. The van der Waals surface area contributed by atoms with Crippen molar-refractivity contribution in [3.8, 4) is 5.75 Å². The summed E-state index contributed by atoms with van der Waals surface area (Å²) < 4.78 is 5.71. The molecule has 3 N–H and O–H groups in total. The molecule has 20 heavy (non-hydrogen) atoms. The third-order valence-corrected chi connectivity index (χ3v) is 4.59. The molecule has 0 saturated heterocycles. The highest BCUT2D eigenvalue weighted by atomic mass is 32.1. The number of hydrogen-bond donors (Lipinski definition) is 2. The minimum atomic E-state index is 0.0936. The Morgan fingerprint density at radius 2 is 2.35 bits per heavy atom. The van der Waals surface area contributed by atoms with E-state index in [9.17, 15) is 0 Å². The zero-order valence-corrected chi connectivity index (χ0v) is 12.3. The van der Waals surface area contributed by atoms with Crippen LogP contribution < -0.4 is 16.0 Å². The topological polar surface area (TPSA) is 60.2 Å². The summed E-state index contributed by atoms with van der Waals surface area (Å²) >= 11 is 1.66. The van der Waals surface area contributed by atoms with Crippen LogP contribution in [0.4, 0.5) is 0 Å². The van der Waals surface area contributed by atoms with Gasteiger partial charge in [-0.05, 0) is 37.3 Å². The first-order valence-electron chi connectivity index (χ1n) is 6.88. The molecule has 0 bridgehead atoms. The Bertz CT molecular complexity index is 584. The molecule has 3 rings (SSSR count). The predicted molar refractivity (Wildman–Crippen MR) is 80.8 cm³/mol. The standard InChI is InChI=1S/C15H19N3OS/c1-10-17-14(9-20-10)13(18-16)8-11-6-7-19-15-5-3-2-4-12(11)15/h2-5,9,11,13,18H,6-8,16H2,1H3. The van der Waals surface area contributed by atoms with Gasteiger partial charge in [-0.15, -0.1) is 11.3 Å². The SMILES string of the molecule is Cc1nc(C(CC2CCOc3ccccc32)NN)cs1. The van der Waals surface area contributed by atoms with Crippen molar-refractivity contribution in [2.45, 2.75) is 31.7 Å². The average Bonchev–Trinajstić information content (AvgIpc) is 2.91. The van der Waals surface area contributed by atoms with Crippen LogP contribution in [0.2, 0.25) is 0 Å². The van der Waals surface area contributed by atoms with E-state index in [0.717, 1.165) is 35.9 Å². The molecular weight excluding hydrogens is 270 g/mol. The fourth-order valence-corrected chi connectivity index (χ4v) is 3.43. The number of nitrogens with two attached hydrogens (primary N) is 1. The number of aromatic nitrogens is 1. The maximum atomic E-state index is 5.73. The summed E-state index contributed by atoms with van der Waals surface area (Å²) in [6.45, 7) is 2.79. The molecule has 1 aliphatic heterocycles. The van der Waals surface area contributed by atoms with Crippen LogP contribution in [0.3, 0.4) is 0 Å². The van der Waals surface area contributed by atoms with Gasteiger partial charge in [0.2, 0.25) is 0 Å². The maximum absolute atomic E-state index is 5.73. The minimum absolute atomic E-state index is 0.0936. The number of fused-ring (bicyclic) bond motifs is 1. The van der Waals surface area contributed by atoms with Gasteiger partial charge in [0.05, 0.1) is 23.4 Å². The van der Waals surface area contributed by atoms with Gasteiger partial charge in [-0.1, -0.05) is 18.2 Å². The van der Waals surface area contributed by atoms with E-state index < -0.39 is 0 Å². The van der Waals surface area contributed by atoms with Crippen LogP contribution in [0.15, 0.2) is 29.6 Å². The highest BCUT2D eigenvalue weighted by Crippen LogP contribution is 2.38. The van der Waals surface area contributed by atoms with Gasteiger partial charge >= 0.3 is 0 Å². The first-order chi connectivity index (χ1) is 9.78. The third kappa shape index (κ3) is 2.70. The molecule has 0 fully saturated rings. The number of para-hydroxylation sites is 1. The van der Waals surface area contributed by atoms with Crippen molar-refractivity contribution in [3.63, 3.8) is 0 Å². The Labute approximate surface area is 123 Å². The molecule has 0 radical (unpaired) electrons. The number of rotatable bonds is 4. The van der Waals surface area contributed by atoms with Crippen LogP contribution in [-0.2, 0) is 0 Å². The van der Waals surface area contributed by atoms with Gasteiger partial charge in [0.15, 0.2) is 0 Å². The Balaban J connectivity index is 1.80. The largest absolute Gasteiger partial charge is 0.493 e. The fourth-order valence-electron chi connectivity index (χ4n) is 2.76. The second-order valence-electron chi connectivity index (χ2n) is 5.12. The van der Waals surface area contributed by atoms with Crippen LogP contribution in [-0.4, -0.2) is 11.6 Å². The zero-order valence-electron chi connectivity index (χ0n) is 11.5. The number of aryl methyl sites for hydroxylation is 1. The number of benzene rings is 1. The van der Waals surface area contributed by atoms with Crippen LogP contribution in [0.1, 0.15) is 41.1 Å². The van der Waals surface area contributed by atoms with Gasteiger partial charge in [0.25, 0.3) is 0 Å². The summed E-state index contributed by atoms with van der Waals surface area (Å²) in [6, 6.07) is 8.37. The molecule has 1 aromatic carbocycles. The molecule has 0 amide bonds. The average molecular weight is 289 g/mol. The van der Waals surface area contributed by atoms with Crippen molar-refractivity contribution >= 4 is 11.3 Å². The van der Waals surface area contributed by atoms with E-state index in [1.165, 1.54) is 5.56 Å². The monoisotopic (exact) mass is 289 g/mol. The summed E-state index contributed by atoms with van der Waals surface area (Å²) in [7, 11) is 0. The first-order valence-corrected chi connectivity index (χ1v) is 7.75. The highest BCUT2D eigenvalue weighted by Gasteiger charge is 2.25. The quantitative estimate of drug-likeness (QED) is 0.671. The van der Waals surface area contributed by atoms with Crippen molar-refractivity contribution in [2.75, 3.05) is 6.61 Å². The van der Waals surface area contributed by atoms with Gasteiger partial charge in [0.1, 0.15) is 5.75 Å². The normalized spacial score (nSPS) is 19.2. The second kappa shape index (κ2) is 5.91. The Hall–Kier alpha value is -1.43. The van der Waals surface area contributed by atoms with Crippen molar-refractivity contribution < 1.29 is 4.74 Å². The Kier molecular flexibility index (Phi) is 4.00. The molecule has 1 aliphatic rings. The molecule has 0 aliphatic carbocycles. The number of thiazole rings is 1. The number of nitrogens with one attached hydrogen (secondary N) is 1. The highest BCUT2D eigenvalue weighted by molar-refractivity contribution is 7.09. The summed E-state index contributed by atoms with van der Waals surface area (Å²) in [5, 5.41) is 3.16. The molecule has 4 nitrogen and oxygen atoms in total. The van der Waals surface area contributed by atoms with Crippen LogP contribution in [0.5, 0.6) is 5.75 Å². The van der Waals surface area contributed by atoms with Crippen molar-refractivity contribution in [1.82, 2.24) is 10.4 Å². The van der Waals surface area contributed by atoms with Gasteiger partial charge in [-0.25, -0.2) is 4.98 Å². The van der Waals surface area contributed by atoms with E-state index in [0.29, 0.717) is 5.92 Å². The van der Waals surface area contributed by atoms with Gasteiger partial charge in [-0.2, -0.15) is 0 Å². The maximum Gasteiger partial charge on any atom is 0.122 e. The lowest BCUT2D eigenvalue weighted by molar-refractivity contribution is 0.255. The van der Waals surface area contributed by atoms with Crippen molar-refractivity contribution in [2.24, 2.45) is 5.84 Å². The molecule has 2 heterocycles. The smallest absolute Gasteiger partial charge is 0.122 e. The molecule has 2 atom stereocenters. The summed E-state index contributed by atoms with van der Waals surface area (Å²) in [4.78, 5) is 4.55. The van der Waals surface area contributed by atoms with E-state index in [2.05, 4.69) is 27.9 Å². The molecule has 2 aromatic rings. The van der Waals surface area contributed by atoms with Gasteiger partial charge in [0, 0.05) is 5.38 Å². The zero-order chi connectivity index (χ0) is 13.9. The van der Waals surface area contributed by atoms with E-state index in [1.807, 2.05) is 19.1 Å². The number of hydrazine groups is 1. The molecular formula is C15H19N3OS. The number of hydrogen-bond acceptors (Lipinski definition) is 5. The van der Waals surface area contributed by atoms with Crippen LogP contribution >= 0.6 is 11.3 Å². The summed E-state index contributed by atoms with van der Waals surface area (Å²) in [6.07, 6.45) is 1.97. The second-order valence-corrected chi connectivity index (χ2v) is 6.18. The third-order valence-electron chi connectivity index (χ3n) is 3.80. The van der Waals surface area contributed by atoms with Crippen LogP contribution in [0, 0.1) is 6.92 Å². The Morgan fingerprint density at radius 1 is 1.50 bits per heavy atom. The molecule has 106 valence electrons. The lowest BCUT2D eigenvalue weighted by Gasteiger charge is -2.28. The minimum Gasteiger partial charge on any atom is -0.493 e. The van der Waals surface area contributed by atoms with E-state index in [-0.39, 0.29) is 6.04 Å². The van der Waals surface area contributed by atoms with E-state index in [1.54, 1.807) is 11.3 Å². The lowest BCUT2D eigenvalue weighted by atomic mass is 9.87. The van der Waals surface area contributed by atoms with E-state index >= 15 is 0 Å².